The maximum absolute atomic E-state index is 13.3. The number of hydrogen-bond donors (Lipinski definition) is 2. The van der Waals surface area contributed by atoms with Gasteiger partial charge in [-0.2, -0.15) is 13.2 Å². The molecule has 0 spiro atoms. The molecule has 1 amide bonds. The third-order valence-electron chi connectivity index (χ3n) is 7.41. The Bertz CT molecular complexity index is 1590. The van der Waals surface area contributed by atoms with E-state index < -0.39 is 23.8 Å². The summed E-state index contributed by atoms with van der Waals surface area (Å²) < 4.78 is 43.5. The first-order valence-corrected chi connectivity index (χ1v) is 14.1. The van der Waals surface area contributed by atoms with Crippen molar-refractivity contribution in [3.05, 3.63) is 90.7 Å². The van der Waals surface area contributed by atoms with Crippen LogP contribution in [0.5, 0.6) is 0 Å². The van der Waals surface area contributed by atoms with E-state index in [-0.39, 0.29) is 29.6 Å². The summed E-state index contributed by atoms with van der Waals surface area (Å²) in [5.41, 5.74) is 1.32. The van der Waals surface area contributed by atoms with Crippen LogP contribution >= 0.6 is 22.9 Å². The van der Waals surface area contributed by atoms with Crippen LogP contribution in [0.1, 0.15) is 58.5 Å². The van der Waals surface area contributed by atoms with Gasteiger partial charge in [0.2, 0.25) is 0 Å². The zero-order chi connectivity index (χ0) is 27.4. The molecule has 1 aromatic carbocycles. The fraction of sp³-hybridized carbons (Fsp3) is 0.333. The summed E-state index contributed by atoms with van der Waals surface area (Å²) in [4.78, 5) is 36.7. The predicted octanol–water partition coefficient (Wildman–Crippen LogP) is 5.06. The Kier molecular flexibility index (Phi) is 6.43. The van der Waals surface area contributed by atoms with Gasteiger partial charge in [-0.05, 0) is 71.9 Å². The first-order valence-electron chi connectivity index (χ1n) is 12.4. The average molecular weight is 573 g/mol. The molecular weight excluding hydrogens is 549 g/mol. The third-order valence-corrected chi connectivity index (χ3v) is 9.13. The molecule has 4 heterocycles. The van der Waals surface area contributed by atoms with Gasteiger partial charge < -0.3 is 15.0 Å². The van der Waals surface area contributed by atoms with Crippen molar-refractivity contribution in [3.63, 3.8) is 0 Å². The lowest BCUT2D eigenvalue weighted by molar-refractivity contribution is -0.142. The largest absolute Gasteiger partial charge is 0.416 e. The monoisotopic (exact) mass is 572 g/mol. The molecule has 1 atom stereocenters. The first kappa shape index (κ1) is 25.9. The molecule has 0 bridgehead atoms. The van der Waals surface area contributed by atoms with Crippen LogP contribution in [-0.4, -0.2) is 36.8 Å². The second-order valence-electron chi connectivity index (χ2n) is 9.92. The number of thiophene rings is 1. The molecule has 39 heavy (non-hydrogen) atoms. The predicted molar refractivity (Wildman–Crippen MR) is 140 cm³/mol. The molecule has 6 rings (SSSR count). The average Bonchev–Trinajstić information content (AvgIpc) is 3.34. The molecule has 202 valence electrons. The van der Waals surface area contributed by atoms with Crippen LogP contribution in [0.25, 0.3) is 11.1 Å². The number of aromatic nitrogens is 3. The Labute approximate surface area is 229 Å². The summed E-state index contributed by atoms with van der Waals surface area (Å²) in [6.07, 6.45) is -1.83. The van der Waals surface area contributed by atoms with Crippen LogP contribution in [-0.2, 0) is 29.4 Å². The van der Waals surface area contributed by atoms with Gasteiger partial charge in [0.25, 0.3) is 11.5 Å². The molecule has 0 radical (unpaired) electrons. The Morgan fingerprint density at radius 2 is 2.00 bits per heavy atom. The van der Waals surface area contributed by atoms with Crippen molar-refractivity contribution in [3.8, 4) is 11.1 Å². The Morgan fingerprint density at radius 1 is 1.18 bits per heavy atom. The molecule has 4 aromatic rings. The maximum atomic E-state index is 13.3. The van der Waals surface area contributed by atoms with Crippen LogP contribution in [0.4, 0.5) is 13.2 Å². The number of carbonyl (C=O) groups excluding carboxylic acids is 1. The zero-order valence-electron chi connectivity index (χ0n) is 20.5. The van der Waals surface area contributed by atoms with E-state index >= 15 is 0 Å². The number of alkyl halides is 3. The number of halogens is 3. The normalized spacial score (nSPS) is 17.4. The van der Waals surface area contributed by atoms with Gasteiger partial charge in [0.15, 0.2) is 6.10 Å². The van der Waals surface area contributed by atoms with Gasteiger partial charge in [0, 0.05) is 28.6 Å². The van der Waals surface area contributed by atoms with Crippen LogP contribution in [0.2, 0.25) is 0 Å². The van der Waals surface area contributed by atoms with E-state index in [0.717, 1.165) is 47.0 Å². The Balaban J connectivity index is 1.25. The standard InChI is InChI=1S/C27H23F3N4O3S2/c28-27(29,30)18-4-1-3-15(9-18)22(35)24(37)34-8-2-5-20-19(12-34)23(36)33-25(32-20)26(6-7-26)21-10-16(13-38-21)17-11-31-39-14-17/h1,3-4,9-11,13-14,22,35H,2,5-8,12H2,(H,32,33,36)/t22-/m1/s1. The number of rotatable bonds is 5. The van der Waals surface area contributed by atoms with Gasteiger partial charge in [-0.25, -0.2) is 9.36 Å². The van der Waals surface area contributed by atoms with Gasteiger partial charge in [0.05, 0.1) is 28.8 Å². The van der Waals surface area contributed by atoms with Crippen LogP contribution in [0.3, 0.4) is 0 Å². The van der Waals surface area contributed by atoms with Gasteiger partial charge in [-0.3, -0.25) is 9.59 Å². The summed E-state index contributed by atoms with van der Waals surface area (Å²) in [6, 6.07) is 6.22. The highest BCUT2D eigenvalue weighted by Gasteiger charge is 2.50. The highest BCUT2D eigenvalue weighted by Crippen LogP contribution is 2.54. The number of H-pyrrole nitrogens is 1. The number of aromatic amines is 1. The Morgan fingerprint density at radius 3 is 2.72 bits per heavy atom. The molecule has 1 aliphatic heterocycles. The van der Waals surface area contributed by atoms with E-state index in [1.165, 1.54) is 22.5 Å². The number of aliphatic hydroxyl groups excluding tert-OH is 1. The molecule has 7 nitrogen and oxygen atoms in total. The number of benzene rings is 1. The molecule has 1 aliphatic carbocycles. The van der Waals surface area contributed by atoms with Gasteiger partial charge in [-0.15, -0.1) is 11.3 Å². The molecular formula is C27H23F3N4O3S2. The van der Waals surface area contributed by atoms with Crippen molar-refractivity contribution in [2.45, 2.75) is 49.9 Å². The number of aliphatic hydroxyl groups is 1. The highest BCUT2D eigenvalue weighted by molar-refractivity contribution is 7.10. The van der Waals surface area contributed by atoms with Crippen molar-refractivity contribution in [2.75, 3.05) is 6.54 Å². The minimum atomic E-state index is -4.60. The van der Waals surface area contributed by atoms with E-state index in [0.29, 0.717) is 29.9 Å². The van der Waals surface area contributed by atoms with Gasteiger partial charge in [0.1, 0.15) is 5.82 Å². The van der Waals surface area contributed by atoms with E-state index in [4.69, 9.17) is 4.98 Å². The molecule has 1 saturated carbocycles. The van der Waals surface area contributed by atoms with E-state index in [2.05, 4.69) is 20.8 Å². The zero-order valence-corrected chi connectivity index (χ0v) is 22.1. The number of hydrogen-bond acceptors (Lipinski definition) is 7. The van der Waals surface area contributed by atoms with Crippen molar-refractivity contribution < 1.29 is 23.1 Å². The summed E-state index contributed by atoms with van der Waals surface area (Å²) >= 11 is 3.02. The van der Waals surface area contributed by atoms with Crippen molar-refractivity contribution >= 4 is 28.8 Å². The first-order chi connectivity index (χ1) is 18.7. The van der Waals surface area contributed by atoms with Crippen LogP contribution in [0, 0.1) is 0 Å². The molecule has 12 heteroatoms. The van der Waals surface area contributed by atoms with Crippen LogP contribution in [0.15, 0.2) is 52.1 Å². The fourth-order valence-corrected chi connectivity index (χ4v) is 6.77. The van der Waals surface area contributed by atoms with Crippen molar-refractivity contribution in [1.82, 2.24) is 19.2 Å². The SMILES string of the molecule is O=C([C@H](O)c1cccc(C(F)(F)F)c1)N1CCCc2nc(C3(c4cc(-c5cnsc5)cs4)CC3)[nH]c(=O)c2C1. The van der Waals surface area contributed by atoms with E-state index in [9.17, 15) is 27.9 Å². The van der Waals surface area contributed by atoms with Gasteiger partial charge in [-0.1, -0.05) is 12.1 Å². The van der Waals surface area contributed by atoms with Crippen molar-refractivity contribution in [2.24, 2.45) is 0 Å². The molecule has 1 fully saturated rings. The number of nitrogens with zero attached hydrogens (tertiary/aromatic N) is 3. The lowest BCUT2D eigenvalue weighted by Gasteiger charge is -2.24. The topological polar surface area (TPSA) is 99.2 Å². The number of nitrogens with one attached hydrogen (secondary N) is 1. The minimum Gasteiger partial charge on any atom is -0.378 e. The third kappa shape index (κ3) is 4.81. The second-order valence-corrected chi connectivity index (χ2v) is 11.5. The molecule has 2 aliphatic rings. The highest BCUT2D eigenvalue weighted by atomic mass is 32.1. The quantitative estimate of drug-likeness (QED) is 0.348. The van der Waals surface area contributed by atoms with Gasteiger partial charge >= 0.3 is 6.18 Å². The summed E-state index contributed by atoms with van der Waals surface area (Å²) in [5.74, 6) is -0.134. The minimum absolute atomic E-state index is 0.0753. The number of fused-ring (bicyclic) bond motifs is 1. The summed E-state index contributed by atoms with van der Waals surface area (Å²) in [5, 5.41) is 14.7. The lowest BCUT2D eigenvalue weighted by Crippen LogP contribution is -2.36. The summed E-state index contributed by atoms with van der Waals surface area (Å²) in [6.45, 7) is 0.169. The molecule has 0 saturated heterocycles. The molecule has 2 N–H and O–H groups in total. The number of aryl methyl sites for hydroxylation is 1. The second kappa shape index (κ2) is 9.68. The smallest absolute Gasteiger partial charge is 0.378 e. The maximum Gasteiger partial charge on any atom is 0.416 e. The Hall–Kier alpha value is -3.35. The molecule has 0 unspecified atom stereocenters. The van der Waals surface area contributed by atoms with E-state index in [1.54, 1.807) is 11.3 Å². The van der Waals surface area contributed by atoms with E-state index in [1.807, 2.05) is 11.6 Å². The fourth-order valence-electron chi connectivity index (χ4n) is 5.05. The number of carbonyl (C=O) groups is 1. The van der Waals surface area contributed by atoms with Crippen LogP contribution < -0.4 is 5.56 Å². The van der Waals surface area contributed by atoms with Crippen molar-refractivity contribution in [1.29, 1.82) is 0 Å². The number of amides is 1. The lowest BCUT2D eigenvalue weighted by atomic mass is 10.0. The summed E-state index contributed by atoms with van der Waals surface area (Å²) in [7, 11) is 0. The molecule has 3 aromatic heterocycles.